The fourth-order valence-corrected chi connectivity index (χ4v) is 3.23. The van der Waals surface area contributed by atoms with Gasteiger partial charge in [0.25, 0.3) is 0 Å². The van der Waals surface area contributed by atoms with Crippen molar-refractivity contribution < 1.29 is 12.8 Å². The zero-order valence-corrected chi connectivity index (χ0v) is 14.1. The van der Waals surface area contributed by atoms with Crippen molar-refractivity contribution in [2.24, 2.45) is 0 Å². The molecule has 1 rings (SSSR count). The zero-order valence-electron chi connectivity index (χ0n) is 11.7. The molecular formula is C12H19BrFN3O2S. The van der Waals surface area contributed by atoms with E-state index in [1.165, 1.54) is 6.07 Å². The van der Waals surface area contributed by atoms with Crippen LogP contribution < -0.4 is 10.5 Å². The van der Waals surface area contributed by atoms with Crippen LogP contribution in [0.1, 0.15) is 13.8 Å². The predicted octanol–water partition coefficient (Wildman–Crippen LogP) is 1.79. The van der Waals surface area contributed by atoms with Gasteiger partial charge in [-0.25, -0.2) is 17.5 Å². The first-order valence-corrected chi connectivity index (χ1v) is 8.37. The molecule has 0 amide bonds. The minimum atomic E-state index is -3.92. The summed E-state index contributed by atoms with van der Waals surface area (Å²) in [6.45, 7) is 4.73. The Kier molecular flexibility index (Phi) is 5.93. The second-order valence-electron chi connectivity index (χ2n) is 4.79. The lowest BCUT2D eigenvalue weighted by Crippen LogP contribution is -2.36. The number of nitrogens with one attached hydrogen (secondary N) is 1. The number of nitrogens with zero attached hydrogens (tertiary/aromatic N) is 1. The lowest BCUT2D eigenvalue weighted by Gasteiger charge is -2.21. The summed E-state index contributed by atoms with van der Waals surface area (Å²) in [5.74, 6) is -0.844. The van der Waals surface area contributed by atoms with Crippen molar-refractivity contribution >= 4 is 31.6 Å². The fourth-order valence-electron chi connectivity index (χ4n) is 1.47. The van der Waals surface area contributed by atoms with Gasteiger partial charge in [0.1, 0.15) is 4.90 Å². The van der Waals surface area contributed by atoms with Gasteiger partial charge in [-0.1, -0.05) is 0 Å². The second-order valence-corrected chi connectivity index (χ2v) is 7.38. The smallest absolute Gasteiger partial charge is 0.243 e. The average molecular weight is 368 g/mol. The Bertz CT molecular complexity index is 578. The maximum absolute atomic E-state index is 13.9. The van der Waals surface area contributed by atoms with Crippen LogP contribution in [0.15, 0.2) is 21.5 Å². The van der Waals surface area contributed by atoms with Gasteiger partial charge in [-0.15, -0.1) is 0 Å². The minimum absolute atomic E-state index is 0.0252. The highest BCUT2D eigenvalue weighted by Crippen LogP contribution is 2.25. The van der Waals surface area contributed by atoms with E-state index in [0.29, 0.717) is 12.6 Å². The highest BCUT2D eigenvalue weighted by atomic mass is 79.9. The number of benzene rings is 1. The van der Waals surface area contributed by atoms with Gasteiger partial charge in [-0.3, -0.25) is 0 Å². The van der Waals surface area contributed by atoms with Crippen molar-refractivity contribution in [2.75, 3.05) is 25.9 Å². The Hall–Kier alpha value is -0.700. The monoisotopic (exact) mass is 367 g/mol. The molecule has 5 nitrogen and oxygen atoms in total. The molecule has 0 aliphatic rings. The number of nitrogen functional groups attached to an aromatic ring is 1. The van der Waals surface area contributed by atoms with E-state index < -0.39 is 20.7 Å². The first-order valence-electron chi connectivity index (χ1n) is 6.09. The van der Waals surface area contributed by atoms with E-state index in [0.717, 1.165) is 6.07 Å². The molecule has 20 heavy (non-hydrogen) atoms. The van der Waals surface area contributed by atoms with Crippen molar-refractivity contribution in [3.8, 4) is 0 Å². The Morgan fingerprint density at radius 1 is 1.45 bits per heavy atom. The molecule has 0 fully saturated rings. The molecule has 0 atom stereocenters. The van der Waals surface area contributed by atoms with Crippen LogP contribution in [0.3, 0.4) is 0 Å². The van der Waals surface area contributed by atoms with E-state index in [1.807, 2.05) is 25.8 Å². The minimum Gasteiger partial charge on any atom is -0.399 e. The van der Waals surface area contributed by atoms with Crippen LogP contribution in [0.25, 0.3) is 0 Å². The first kappa shape index (κ1) is 17.4. The summed E-state index contributed by atoms with van der Waals surface area (Å²) in [6, 6.07) is 2.73. The summed E-state index contributed by atoms with van der Waals surface area (Å²) in [4.78, 5) is 1.53. The van der Waals surface area contributed by atoms with Gasteiger partial charge in [0.15, 0.2) is 5.82 Å². The second kappa shape index (κ2) is 6.84. The van der Waals surface area contributed by atoms with Gasteiger partial charge in [0.2, 0.25) is 10.0 Å². The van der Waals surface area contributed by atoms with E-state index >= 15 is 0 Å². The van der Waals surface area contributed by atoms with Crippen molar-refractivity contribution in [2.45, 2.75) is 24.8 Å². The van der Waals surface area contributed by atoms with E-state index in [-0.39, 0.29) is 16.7 Å². The van der Waals surface area contributed by atoms with E-state index in [2.05, 4.69) is 20.7 Å². The van der Waals surface area contributed by atoms with Gasteiger partial charge in [-0.05, 0) is 49.0 Å². The molecule has 0 saturated carbocycles. The Labute approximate surface area is 127 Å². The van der Waals surface area contributed by atoms with Gasteiger partial charge < -0.3 is 10.6 Å². The van der Waals surface area contributed by atoms with E-state index in [9.17, 15) is 12.8 Å². The standard InChI is InChI=1S/C12H19BrFN3O2S/c1-8(2)17(3)5-4-16-20(18,19)11-7-9(15)6-10(13)12(11)14/h6-8,16H,4-5,15H2,1-3H3. The van der Waals surface area contributed by atoms with Crippen LogP contribution in [0.4, 0.5) is 10.1 Å². The lowest BCUT2D eigenvalue weighted by atomic mass is 10.3. The topological polar surface area (TPSA) is 75.4 Å². The molecule has 0 unspecified atom stereocenters. The summed E-state index contributed by atoms with van der Waals surface area (Å²) in [5, 5.41) is 0. The highest BCUT2D eigenvalue weighted by molar-refractivity contribution is 9.10. The molecule has 0 aliphatic heterocycles. The molecule has 1 aromatic rings. The number of likely N-dealkylation sites (N-methyl/N-ethyl adjacent to an activating group) is 1. The molecule has 3 N–H and O–H groups in total. The summed E-state index contributed by atoms with van der Waals surface area (Å²) in [7, 11) is -2.03. The highest BCUT2D eigenvalue weighted by Gasteiger charge is 2.21. The molecule has 1 aromatic carbocycles. The van der Waals surface area contributed by atoms with Crippen molar-refractivity contribution in [3.63, 3.8) is 0 Å². The number of hydrogen-bond acceptors (Lipinski definition) is 4. The maximum Gasteiger partial charge on any atom is 0.243 e. The number of hydrogen-bond donors (Lipinski definition) is 2. The molecule has 0 bridgehead atoms. The van der Waals surface area contributed by atoms with Crippen LogP contribution in [-0.4, -0.2) is 39.5 Å². The van der Waals surface area contributed by atoms with Gasteiger partial charge in [0, 0.05) is 24.8 Å². The Morgan fingerprint density at radius 2 is 2.05 bits per heavy atom. The van der Waals surface area contributed by atoms with Crippen LogP contribution >= 0.6 is 15.9 Å². The Morgan fingerprint density at radius 3 is 2.60 bits per heavy atom. The first-order chi connectivity index (χ1) is 9.15. The van der Waals surface area contributed by atoms with Crippen LogP contribution in [0.5, 0.6) is 0 Å². The van der Waals surface area contributed by atoms with E-state index in [4.69, 9.17) is 5.73 Å². The molecule has 0 spiro atoms. The number of sulfonamides is 1. The third kappa shape index (κ3) is 4.41. The fraction of sp³-hybridized carbons (Fsp3) is 0.500. The van der Waals surface area contributed by atoms with Gasteiger partial charge in [-0.2, -0.15) is 0 Å². The number of rotatable bonds is 6. The largest absolute Gasteiger partial charge is 0.399 e. The zero-order chi connectivity index (χ0) is 15.5. The SMILES string of the molecule is CC(C)N(C)CCNS(=O)(=O)c1cc(N)cc(Br)c1F. The summed E-state index contributed by atoms with van der Waals surface area (Å²) < 4.78 is 40.4. The average Bonchev–Trinajstić information content (AvgIpc) is 2.33. The van der Waals surface area contributed by atoms with Crippen molar-refractivity contribution in [3.05, 3.63) is 22.4 Å². The third-order valence-electron chi connectivity index (χ3n) is 2.94. The summed E-state index contributed by atoms with van der Waals surface area (Å²) in [5.41, 5.74) is 5.72. The van der Waals surface area contributed by atoms with Crippen LogP contribution in [-0.2, 0) is 10.0 Å². The summed E-state index contributed by atoms with van der Waals surface area (Å²) in [6.07, 6.45) is 0. The third-order valence-corrected chi connectivity index (χ3v) is 4.98. The Balaban J connectivity index is 2.85. The molecule has 0 saturated heterocycles. The van der Waals surface area contributed by atoms with Crippen LogP contribution in [0, 0.1) is 5.82 Å². The van der Waals surface area contributed by atoms with Crippen LogP contribution in [0.2, 0.25) is 0 Å². The molecule has 114 valence electrons. The molecule has 0 aromatic heterocycles. The van der Waals surface area contributed by atoms with Crippen molar-refractivity contribution in [1.82, 2.24) is 9.62 Å². The molecular weight excluding hydrogens is 349 g/mol. The van der Waals surface area contributed by atoms with Gasteiger partial charge in [0.05, 0.1) is 4.47 Å². The molecule has 0 aliphatic carbocycles. The molecule has 8 heteroatoms. The van der Waals surface area contributed by atoms with Gasteiger partial charge >= 0.3 is 0 Å². The van der Waals surface area contributed by atoms with Crippen molar-refractivity contribution in [1.29, 1.82) is 0 Å². The maximum atomic E-state index is 13.9. The summed E-state index contributed by atoms with van der Waals surface area (Å²) >= 11 is 2.94. The normalized spacial score (nSPS) is 12.3. The van der Waals surface area contributed by atoms with E-state index in [1.54, 1.807) is 0 Å². The number of halogens is 2. The quantitative estimate of drug-likeness (QED) is 0.751. The predicted molar refractivity (Wildman–Crippen MR) is 81.5 cm³/mol. The molecule has 0 heterocycles. The number of anilines is 1. The molecule has 0 radical (unpaired) electrons. The number of nitrogens with two attached hydrogens (primary N) is 1. The lowest BCUT2D eigenvalue weighted by molar-refractivity contribution is 0.278.